The van der Waals surface area contributed by atoms with Crippen LogP contribution in [0.4, 0.5) is 0 Å². The number of nitrogens with one attached hydrogen (secondary N) is 2. The molecule has 0 bridgehead atoms. The Bertz CT molecular complexity index is 465. The van der Waals surface area contributed by atoms with Gasteiger partial charge in [0.2, 0.25) is 0 Å². The molecule has 0 aliphatic heterocycles. The van der Waals surface area contributed by atoms with Crippen molar-refractivity contribution in [3.8, 4) is 0 Å². The Labute approximate surface area is 101 Å². The van der Waals surface area contributed by atoms with Crippen LogP contribution in [-0.2, 0) is 12.8 Å². The molecule has 0 amide bonds. The van der Waals surface area contributed by atoms with E-state index in [9.17, 15) is 0 Å². The minimum atomic E-state index is 0.355. The van der Waals surface area contributed by atoms with Crippen LogP contribution in [0.5, 0.6) is 0 Å². The van der Waals surface area contributed by atoms with Crippen molar-refractivity contribution in [2.45, 2.75) is 31.8 Å². The Kier molecular flexibility index (Phi) is 2.69. The highest BCUT2D eigenvalue weighted by molar-refractivity contribution is 5.33. The molecule has 1 aliphatic carbocycles. The number of aromatic nitrogens is 2. The predicted octanol–water partition coefficient (Wildman–Crippen LogP) is 2.23. The highest BCUT2D eigenvalue weighted by Crippen LogP contribution is 2.23. The van der Waals surface area contributed by atoms with Crippen molar-refractivity contribution < 1.29 is 0 Å². The topological polar surface area (TPSA) is 40.7 Å². The number of hydrogen-bond donors (Lipinski definition) is 2. The first-order valence-corrected chi connectivity index (χ1v) is 6.14. The predicted molar refractivity (Wildman–Crippen MR) is 67.8 cm³/mol. The first-order chi connectivity index (χ1) is 8.33. The molecule has 17 heavy (non-hydrogen) atoms. The third-order valence-electron chi connectivity index (χ3n) is 3.56. The molecule has 1 aromatic heterocycles. The van der Waals surface area contributed by atoms with Gasteiger partial charge in [0.15, 0.2) is 0 Å². The summed E-state index contributed by atoms with van der Waals surface area (Å²) in [6.45, 7) is 2.19. The zero-order valence-corrected chi connectivity index (χ0v) is 9.98. The van der Waals surface area contributed by atoms with Gasteiger partial charge in [-0.05, 0) is 30.9 Å². The summed E-state index contributed by atoms with van der Waals surface area (Å²) in [7, 11) is 0. The van der Waals surface area contributed by atoms with E-state index in [0.29, 0.717) is 12.1 Å². The van der Waals surface area contributed by atoms with Crippen LogP contribution in [0.15, 0.2) is 36.7 Å². The summed E-state index contributed by atoms with van der Waals surface area (Å²) in [5, 5.41) is 10.5. The number of hydrogen-bond acceptors (Lipinski definition) is 2. The molecule has 0 saturated carbocycles. The van der Waals surface area contributed by atoms with Gasteiger partial charge in [0.1, 0.15) is 0 Å². The Morgan fingerprint density at radius 1 is 1.29 bits per heavy atom. The lowest BCUT2D eigenvalue weighted by molar-refractivity contribution is 0.467. The average molecular weight is 227 g/mol. The van der Waals surface area contributed by atoms with Gasteiger partial charge >= 0.3 is 0 Å². The maximum absolute atomic E-state index is 3.99. The standard InChI is InChI=1S/C14H17N3/c1-10(13-8-15-16-9-13)17-14-6-11-4-2-3-5-12(11)7-14/h2-5,8-10,14,17H,6-7H2,1H3,(H,15,16). The van der Waals surface area contributed by atoms with Gasteiger partial charge in [0.05, 0.1) is 6.20 Å². The smallest absolute Gasteiger partial charge is 0.0534 e. The van der Waals surface area contributed by atoms with E-state index in [2.05, 4.69) is 46.7 Å². The minimum Gasteiger partial charge on any atom is -0.307 e. The molecular weight excluding hydrogens is 210 g/mol. The lowest BCUT2D eigenvalue weighted by Gasteiger charge is -2.17. The fraction of sp³-hybridized carbons (Fsp3) is 0.357. The van der Waals surface area contributed by atoms with Gasteiger partial charge in [-0.1, -0.05) is 24.3 Å². The average Bonchev–Trinajstić information content (AvgIpc) is 2.97. The number of fused-ring (bicyclic) bond motifs is 1. The van der Waals surface area contributed by atoms with Crippen molar-refractivity contribution in [3.05, 3.63) is 53.3 Å². The summed E-state index contributed by atoms with van der Waals surface area (Å²) < 4.78 is 0. The second-order valence-electron chi connectivity index (χ2n) is 4.79. The zero-order chi connectivity index (χ0) is 11.7. The molecule has 0 fully saturated rings. The fourth-order valence-electron chi connectivity index (χ4n) is 2.62. The normalized spacial score (nSPS) is 17.0. The van der Waals surface area contributed by atoms with Crippen molar-refractivity contribution in [2.24, 2.45) is 0 Å². The lowest BCUT2D eigenvalue weighted by atomic mass is 10.1. The summed E-state index contributed by atoms with van der Waals surface area (Å²) in [5.41, 5.74) is 4.20. The van der Waals surface area contributed by atoms with Crippen LogP contribution in [0.2, 0.25) is 0 Å². The third-order valence-corrected chi connectivity index (χ3v) is 3.56. The van der Waals surface area contributed by atoms with Crippen LogP contribution in [0.3, 0.4) is 0 Å². The van der Waals surface area contributed by atoms with Crippen molar-refractivity contribution in [1.82, 2.24) is 15.5 Å². The molecule has 0 saturated heterocycles. The Morgan fingerprint density at radius 2 is 2.00 bits per heavy atom. The molecule has 0 radical (unpaired) electrons. The fourth-order valence-corrected chi connectivity index (χ4v) is 2.62. The van der Waals surface area contributed by atoms with Crippen molar-refractivity contribution >= 4 is 0 Å². The molecule has 3 nitrogen and oxygen atoms in total. The highest BCUT2D eigenvalue weighted by Gasteiger charge is 2.22. The third kappa shape index (κ3) is 2.11. The van der Waals surface area contributed by atoms with E-state index in [1.54, 1.807) is 0 Å². The van der Waals surface area contributed by atoms with Gasteiger partial charge in [0.25, 0.3) is 0 Å². The van der Waals surface area contributed by atoms with Gasteiger partial charge in [-0.2, -0.15) is 5.10 Å². The van der Waals surface area contributed by atoms with Gasteiger partial charge < -0.3 is 5.32 Å². The number of aromatic amines is 1. The summed E-state index contributed by atoms with van der Waals surface area (Å²) >= 11 is 0. The summed E-state index contributed by atoms with van der Waals surface area (Å²) in [5.74, 6) is 0. The molecule has 2 aromatic rings. The van der Waals surface area contributed by atoms with Crippen molar-refractivity contribution in [3.63, 3.8) is 0 Å². The number of H-pyrrole nitrogens is 1. The maximum atomic E-state index is 3.99. The van der Waals surface area contributed by atoms with E-state index in [1.807, 2.05) is 12.4 Å². The molecule has 2 N–H and O–H groups in total. The Balaban J connectivity index is 1.66. The van der Waals surface area contributed by atoms with Crippen LogP contribution >= 0.6 is 0 Å². The molecule has 1 unspecified atom stereocenters. The lowest BCUT2D eigenvalue weighted by Crippen LogP contribution is -2.31. The van der Waals surface area contributed by atoms with Crippen molar-refractivity contribution in [2.75, 3.05) is 0 Å². The first-order valence-electron chi connectivity index (χ1n) is 6.14. The first kappa shape index (κ1) is 10.5. The largest absolute Gasteiger partial charge is 0.307 e. The zero-order valence-electron chi connectivity index (χ0n) is 9.98. The SMILES string of the molecule is CC(NC1Cc2ccccc2C1)c1cn[nH]c1. The Morgan fingerprint density at radius 3 is 2.59 bits per heavy atom. The van der Waals surface area contributed by atoms with Gasteiger partial charge in [-0.15, -0.1) is 0 Å². The summed E-state index contributed by atoms with van der Waals surface area (Å²) in [6.07, 6.45) is 6.12. The van der Waals surface area contributed by atoms with E-state index >= 15 is 0 Å². The van der Waals surface area contributed by atoms with Gasteiger partial charge in [-0.3, -0.25) is 5.10 Å². The van der Waals surface area contributed by atoms with Crippen LogP contribution in [0.25, 0.3) is 0 Å². The molecular formula is C14H17N3. The minimum absolute atomic E-state index is 0.355. The van der Waals surface area contributed by atoms with E-state index in [4.69, 9.17) is 0 Å². The highest BCUT2D eigenvalue weighted by atomic mass is 15.1. The number of rotatable bonds is 3. The maximum Gasteiger partial charge on any atom is 0.0534 e. The second-order valence-corrected chi connectivity index (χ2v) is 4.79. The van der Waals surface area contributed by atoms with Crippen LogP contribution in [0, 0.1) is 0 Å². The molecule has 88 valence electrons. The monoisotopic (exact) mass is 227 g/mol. The van der Waals surface area contributed by atoms with Crippen LogP contribution in [-0.4, -0.2) is 16.2 Å². The van der Waals surface area contributed by atoms with Crippen molar-refractivity contribution in [1.29, 1.82) is 0 Å². The van der Waals surface area contributed by atoms with E-state index in [-0.39, 0.29) is 0 Å². The molecule has 0 spiro atoms. The summed E-state index contributed by atoms with van der Waals surface area (Å²) in [4.78, 5) is 0. The van der Waals surface area contributed by atoms with E-state index < -0.39 is 0 Å². The van der Waals surface area contributed by atoms with Gasteiger partial charge in [0, 0.05) is 23.8 Å². The van der Waals surface area contributed by atoms with Crippen LogP contribution < -0.4 is 5.32 Å². The molecule has 1 atom stereocenters. The number of nitrogens with zero attached hydrogens (tertiary/aromatic N) is 1. The van der Waals surface area contributed by atoms with Crippen LogP contribution in [0.1, 0.15) is 29.7 Å². The van der Waals surface area contributed by atoms with Gasteiger partial charge in [-0.25, -0.2) is 0 Å². The molecule has 3 rings (SSSR count). The molecule has 1 heterocycles. The quantitative estimate of drug-likeness (QED) is 0.844. The molecule has 3 heteroatoms. The van der Waals surface area contributed by atoms with E-state index in [1.165, 1.54) is 16.7 Å². The Hall–Kier alpha value is -1.61. The molecule has 1 aliphatic rings. The summed E-state index contributed by atoms with van der Waals surface area (Å²) in [6, 6.07) is 9.63. The van der Waals surface area contributed by atoms with E-state index in [0.717, 1.165) is 12.8 Å². The second kappa shape index (κ2) is 4.34. The number of benzene rings is 1. The molecule has 1 aromatic carbocycles.